The SMILES string of the molecule is N#CCc1ccc(NC(=O)c2nccnc2N)cc1. The molecule has 6 nitrogen and oxygen atoms in total. The molecule has 0 radical (unpaired) electrons. The fraction of sp³-hybridized carbons (Fsp3) is 0.0769. The van der Waals surface area contributed by atoms with Gasteiger partial charge in [0.05, 0.1) is 12.5 Å². The molecule has 0 aliphatic carbocycles. The van der Waals surface area contributed by atoms with Crippen molar-refractivity contribution in [2.24, 2.45) is 0 Å². The molecular weight excluding hydrogens is 242 g/mol. The van der Waals surface area contributed by atoms with Crippen molar-refractivity contribution in [2.45, 2.75) is 6.42 Å². The number of aromatic nitrogens is 2. The second-order valence-corrected chi connectivity index (χ2v) is 3.78. The van der Waals surface area contributed by atoms with Gasteiger partial charge in [0.25, 0.3) is 5.91 Å². The molecule has 1 amide bonds. The molecular formula is C13H11N5O. The lowest BCUT2D eigenvalue weighted by atomic mass is 10.1. The summed E-state index contributed by atoms with van der Waals surface area (Å²) in [5.74, 6) is -0.334. The molecule has 2 rings (SSSR count). The minimum absolute atomic E-state index is 0.0844. The van der Waals surface area contributed by atoms with Crippen LogP contribution in [0.15, 0.2) is 36.7 Å². The highest BCUT2D eigenvalue weighted by Crippen LogP contribution is 2.12. The molecule has 1 aromatic carbocycles. The first-order valence-corrected chi connectivity index (χ1v) is 5.54. The van der Waals surface area contributed by atoms with E-state index in [2.05, 4.69) is 21.4 Å². The monoisotopic (exact) mass is 253 g/mol. The van der Waals surface area contributed by atoms with Crippen LogP contribution in [0, 0.1) is 11.3 Å². The van der Waals surface area contributed by atoms with E-state index in [0.29, 0.717) is 12.1 Å². The fourth-order valence-corrected chi connectivity index (χ4v) is 1.51. The van der Waals surface area contributed by atoms with Crippen molar-refractivity contribution in [3.63, 3.8) is 0 Å². The van der Waals surface area contributed by atoms with Crippen LogP contribution in [-0.4, -0.2) is 15.9 Å². The Balaban J connectivity index is 2.11. The number of nitrogens with zero attached hydrogens (tertiary/aromatic N) is 3. The van der Waals surface area contributed by atoms with E-state index in [1.165, 1.54) is 12.4 Å². The predicted octanol–water partition coefficient (Wildman–Crippen LogP) is 1.38. The summed E-state index contributed by atoms with van der Waals surface area (Å²) in [6.07, 6.45) is 3.16. The van der Waals surface area contributed by atoms with Gasteiger partial charge >= 0.3 is 0 Å². The molecule has 3 N–H and O–H groups in total. The highest BCUT2D eigenvalue weighted by molar-refractivity contribution is 6.05. The standard InChI is InChI=1S/C13H11N5O/c14-6-5-9-1-3-10(4-2-9)18-13(19)11-12(15)17-8-7-16-11/h1-4,7-8H,5H2,(H2,15,17)(H,18,19). The fourth-order valence-electron chi connectivity index (χ4n) is 1.51. The van der Waals surface area contributed by atoms with E-state index in [9.17, 15) is 4.79 Å². The Morgan fingerprint density at radius 3 is 2.58 bits per heavy atom. The van der Waals surface area contributed by atoms with Crippen LogP contribution in [0.1, 0.15) is 16.1 Å². The number of hydrogen-bond acceptors (Lipinski definition) is 5. The molecule has 0 unspecified atom stereocenters. The smallest absolute Gasteiger partial charge is 0.278 e. The molecule has 6 heteroatoms. The van der Waals surface area contributed by atoms with Crippen molar-refractivity contribution in [3.8, 4) is 6.07 Å². The normalized spacial score (nSPS) is 9.63. The van der Waals surface area contributed by atoms with E-state index < -0.39 is 5.91 Å². The summed E-state index contributed by atoms with van der Waals surface area (Å²) < 4.78 is 0. The molecule has 0 aliphatic rings. The Bertz CT molecular complexity index is 630. The first-order chi connectivity index (χ1) is 9.20. The first-order valence-electron chi connectivity index (χ1n) is 5.54. The molecule has 2 aromatic rings. The number of amides is 1. The molecule has 0 fully saturated rings. The third-order valence-electron chi connectivity index (χ3n) is 2.44. The zero-order valence-corrected chi connectivity index (χ0v) is 10.00. The predicted molar refractivity (Wildman–Crippen MR) is 70.2 cm³/mol. The van der Waals surface area contributed by atoms with Gasteiger partial charge in [-0.15, -0.1) is 0 Å². The number of nitrogen functional groups attached to an aromatic ring is 1. The highest BCUT2D eigenvalue weighted by atomic mass is 16.1. The molecule has 1 heterocycles. The molecule has 0 atom stereocenters. The zero-order valence-electron chi connectivity index (χ0n) is 10.00. The number of carbonyl (C=O) groups excluding carboxylic acids is 1. The molecule has 0 spiro atoms. The van der Waals surface area contributed by atoms with Crippen LogP contribution < -0.4 is 11.1 Å². The van der Waals surface area contributed by atoms with Gasteiger partial charge in [-0.25, -0.2) is 9.97 Å². The molecule has 0 saturated heterocycles. The molecule has 94 valence electrons. The lowest BCUT2D eigenvalue weighted by molar-refractivity contribution is 0.102. The summed E-state index contributed by atoms with van der Waals surface area (Å²) in [6, 6.07) is 9.05. The van der Waals surface area contributed by atoms with Crippen molar-refractivity contribution < 1.29 is 4.79 Å². The van der Waals surface area contributed by atoms with Crippen LogP contribution in [0.2, 0.25) is 0 Å². The lowest BCUT2D eigenvalue weighted by Crippen LogP contribution is -2.16. The number of rotatable bonds is 3. The second kappa shape index (κ2) is 5.60. The topological polar surface area (TPSA) is 105 Å². The van der Waals surface area contributed by atoms with Gasteiger partial charge in [0.15, 0.2) is 11.5 Å². The Morgan fingerprint density at radius 2 is 1.95 bits per heavy atom. The molecule has 19 heavy (non-hydrogen) atoms. The Kier molecular flexibility index (Phi) is 3.69. The third kappa shape index (κ3) is 3.04. The zero-order chi connectivity index (χ0) is 13.7. The van der Waals surface area contributed by atoms with E-state index in [4.69, 9.17) is 11.0 Å². The van der Waals surface area contributed by atoms with Crippen LogP contribution in [0.3, 0.4) is 0 Å². The van der Waals surface area contributed by atoms with Crippen molar-refractivity contribution in [1.82, 2.24) is 9.97 Å². The van der Waals surface area contributed by atoms with Gasteiger partial charge < -0.3 is 11.1 Å². The quantitative estimate of drug-likeness (QED) is 0.859. The molecule has 1 aromatic heterocycles. The largest absolute Gasteiger partial charge is 0.382 e. The average Bonchev–Trinajstić information content (AvgIpc) is 2.42. The Labute approximate surface area is 109 Å². The van der Waals surface area contributed by atoms with E-state index >= 15 is 0 Å². The summed E-state index contributed by atoms with van der Waals surface area (Å²) in [4.78, 5) is 19.6. The summed E-state index contributed by atoms with van der Waals surface area (Å²) in [5, 5.41) is 11.2. The van der Waals surface area contributed by atoms with Gasteiger partial charge in [-0.05, 0) is 17.7 Å². The highest BCUT2D eigenvalue weighted by Gasteiger charge is 2.11. The minimum Gasteiger partial charge on any atom is -0.382 e. The Morgan fingerprint density at radius 1 is 1.26 bits per heavy atom. The number of nitrogens with one attached hydrogen (secondary N) is 1. The van der Waals surface area contributed by atoms with Crippen molar-refractivity contribution in [1.29, 1.82) is 5.26 Å². The maximum atomic E-state index is 11.9. The van der Waals surface area contributed by atoms with Gasteiger partial charge in [-0.2, -0.15) is 5.26 Å². The summed E-state index contributed by atoms with van der Waals surface area (Å²) >= 11 is 0. The maximum absolute atomic E-state index is 11.9. The van der Waals surface area contributed by atoms with Gasteiger partial charge in [0, 0.05) is 18.1 Å². The summed E-state index contributed by atoms with van der Waals surface area (Å²) in [6.45, 7) is 0. The Hall–Kier alpha value is -2.94. The number of nitriles is 1. The van der Waals surface area contributed by atoms with Gasteiger partial charge in [-0.1, -0.05) is 12.1 Å². The van der Waals surface area contributed by atoms with E-state index in [0.717, 1.165) is 5.56 Å². The second-order valence-electron chi connectivity index (χ2n) is 3.78. The van der Waals surface area contributed by atoms with E-state index in [1.807, 2.05) is 0 Å². The number of benzene rings is 1. The van der Waals surface area contributed by atoms with Crippen LogP contribution >= 0.6 is 0 Å². The number of hydrogen-bond donors (Lipinski definition) is 2. The number of anilines is 2. The summed E-state index contributed by atoms with van der Waals surface area (Å²) in [5.41, 5.74) is 7.15. The van der Waals surface area contributed by atoms with Crippen LogP contribution in [-0.2, 0) is 6.42 Å². The number of carbonyl (C=O) groups is 1. The van der Waals surface area contributed by atoms with Crippen LogP contribution in [0.5, 0.6) is 0 Å². The lowest BCUT2D eigenvalue weighted by Gasteiger charge is -2.06. The van der Waals surface area contributed by atoms with Crippen molar-refractivity contribution in [3.05, 3.63) is 47.9 Å². The van der Waals surface area contributed by atoms with Crippen LogP contribution in [0.4, 0.5) is 11.5 Å². The van der Waals surface area contributed by atoms with E-state index in [1.54, 1.807) is 24.3 Å². The van der Waals surface area contributed by atoms with Gasteiger partial charge in [-0.3, -0.25) is 4.79 Å². The van der Waals surface area contributed by atoms with Gasteiger partial charge in [0.2, 0.25) is 0 Å². The number of nitrogens with two attached hydrogens (primary N) is 1. The van der Waals surface area contributed by atoms with E-state index in [-0.39, 0.29) is 11.5 Å². The van der Waals surface area contributed by atoms with Crippen LogP contribution in [0.25, 0.3) is 0 Å². The first kappa shape index (κ1) is 12.5. The average molecular weight is 253 g/mol. The molecule has 0 aliphatic heterocycles. The van der Waals surface area contributed by atoms with Crippen molar-refractivity contribution >= 4 is 17.4 Å². The molecule has 0 bridgehead atoms. The molecule has 0 saturated carbocycles. The minimum atomic E-state index is -0.418. The van der Waals surface area contributed by atoms with Crippen molar-refractivity contribution in [2.75, 3.05) is 11.1 Å². The van der Waals surface area contributed by atoms with Gasteiger partial charge in [0.1, 0.15) is 0 Å². The maximum Gasteiger partial charge on any atom is 0.278 e. The summed E-state index contributed by atoms with van der Waals surface area (Å²) in [7, 11) is 0. The third-order valence-corrected chi connectivity index (χ3v) is 2.44.